The van der Waals surface area contributed by atoms with Gasteiger partial charge in [-0.1, -0.05) is 55.8 Å². The van der Waals surface area contributed by atoms with Crippen LogP contribution in [-0.2, 0) is 22.2 Å². The molecule has 0 saturated carbocycles. The molecule has 9 heteroatoms. The molecule has 0 spiro atoms. The third kappa shape index (κ3) is 7.99. The number of unbranched alkanes of at least 4 members (excludes halogenated alkanes) is 1. The van der Waals surface area contributed by atoms with Crippen LogP contribution in [0.5, 0.6) is 11.5 Å². The zero-order chi connectivity index (χ0) is 28.4. The summed E-state index contributed by atoms with van der Waals surface area (Å²) in [6.45, 7) is 2.68. The van der Waals surface area contributed by atoms with Crippen molar-refractivity contribution in [2.45, 2.75) is 38.3 Å². The number of benzene rings is 3. The van der Waals surface area contributed by atoms with E-state index in [1.54, 1.807) is 53.4 Å². The van der Waals surface area contributed by atoms with Crippen LogP contribution in [0.25, 0.3) is 0 Å². The highest BCUT2D eigenvalue weighted by Gasteiger charge is 2.33. The molecule has 1 unspecified atom stereocenters. The fourth-order valence-corrected chi connectivity index (χ4v) is 4.17. The molecule has 0 saturated heterocycles. The highest BCUT2D eigenvalue weighted by molar-refractivity contribution is 6.11. The van der Waals surface area contributed by atoms with Crippen LogP contribution < -0.4 is 14.8 Å². The summed E-state index contributed by atoms with van der Waals surface area (Å²) in [4.78, 5) is 29.1. The minimum atomic E-state index is -4.41. The SMILES string of the molecule is CCCCN(CCc1ccc(C(F)(F)F)cc1)C(=O)C(C(=O)Nc1ccc(OC)c(OC)c1)c1ccccc1. The molecule has 39 heavy (non-hydrogen) atoms. The summed E-state index contributed by atoms with van der Waals surface area (Å²) in [6.07, 6.45) is -2.51. The monoisotopic (exact) mass is 542 g/mol. The van der Waals surface area contributed by atoms with Crippen molar-refractivity contribution >= 4 is 17.5 Å². The summed E-state index contributed by atoms with van der Waals surface area (Å²) in [5.74, 6) is -1.07. The standard InChI is InChI=1S/C30H33F3N2O4/c1-4-5-18-35(19-17-21-11-13-23(14-12-21)30(31,32)33)29(37)27(22-9-7-6-8-10-22)28(36)34-24-15-16-25(38-2)26(20-24)39-3/h6-16,20,27H,4-5,17-19H2,1-3H3,(H,34,36). The molecule has 0 aliphatic carbocycles. The first kappa shape index (κ1) is 29.5. The molecule has 3 aromatic rings. The van der Waals surface area contributed by atoms with Crippen LogP contribution in [0.1, 0.15) is 42.4 Å². The maximum atomic E-state index is 13.9. The maximum Gasteiger partial charge on any atom is 0.416 e. The molecule has 0 heterocycles. The van der Waals surface area contributed by atoms with E-state index in [2.05, 4.69) is 5.32 Å². The number of methoxy groups -OCH3 is 2. The van der Waals surface area contributed by atoms with Gasteiger partial charge in [-0.15, -0.1) is 0 Å². The second-order valence-corrected chi connectivity index (χ2v) is 9.03. The average Bonchev–Trinajstić information content (AvgIpc) is 2.93. The van der Waals surface area contributed by atoms with Crippen molar-refractivity contribution in [1.29, 1.82) is 0 Å². The predicted molar refractivity (Wildman–Crippen MR) is 144 cm³/mol. The molecule has 0 radical (unpaired) electrons. The Labute approximate surface area is 226 Å². The lowest BCUT2D eigenvalue weighted by Gasteiger charge is -2.27. The molecule has 1 atom stereocenters. The van der Waals surface area contributed by atoms with Crippen LogP contribution in [0.4, 0.5) is 18.9 Å². The number of alkyl halides is 3. The molecule has 6 nitrogen and oxygen atoms in total. The molecular formula is C30H33F3N2O4. The van der Waals surface area contributed by atoms with Gasteiger partial charge in [0.25, 0.3) is 0 Å². The van der Waals surface area contributed by atoms with Gasteiger partial charge in [0.15, 0.2) is 11.5 Å². The van der Waals surface area contributed by atoms with E-state index in [0.717, 1.165) is 25.0 Å². The molecule has 208 valence electrons. The normalized spacial score (nSPS) is 11.9. The molecule has 2 amide bonds. The largest absolute Gasteiger partial charge is 0.493 e. The molecular weight excluding hydrogens is 509 g/mol. The molecule has 0 aromatic heterocycles. The van der Waals surface area contributed by atoms with Gasteiger partial charge < -0.3 is 19.7 Å². The minimum absolute atomic E-state index is 0.261. The van der Waals surface area contributed by atoms with E-state index >= 15 is 0 Å². The summed E-state index contributed by atoms with van der Waals surface area (Å²) in [5.41, 5.74) is 0.928. The summed E-state index contributed by atoms with van der Waals surface area (Å²) < 4.78 is 49.4. The van der Waals surface area contributed by atoms with Crippen molar-refractivity contribution in [3.05, 3.63) is 89.5 Å². The molecule has 0 bridgehead atoms. The molecule has 0 aliphatic rings. The molecule has 0 fully saturated rings. The predicted octanol–water partition coefficient (Wildman–Crippen LogP) is 6.32. The number of halogens is 3. The highest BCUT2D eigenvalue weighted by Crippen LogP contribution is 2.31. The zero-order valence-corrected chi connectivity index (χ0v) is 22.3. The molecule has 0 aliphatic heterocycles. The van der Waals surface area contributed by atoms with E-state index in [1.807, 2.05) is 6.92 Å². The van der Waals surface area contributed by atoms with E-state index in [-0.39, 0.29) is 12.5 Å². The third-order valence-corrected chi connectivity index (χ3v) is 6.34. The fourth-order valence-electron chi connectivity index (χ4n) is 4.17. The van der Waals surface area contributed by atoms with E-state index < -0.39 is 23.6 Å². The lowest BCUT2D eigenvalue weighted by molar-refractivity contribution is -0.138. The van der Waals surface area contributed by atoms with Crippen molar-refractivity contribution in [2.75, 3.05) is 32.6 Å². The summed E-state index contributed by atoms with van der Waals surface area (Å²) >= 11 is 0. The van der Waals surface area contributed by atoms with Crippen molar-refractivity contribution in [2.24, 2.45) is 0 Å². The van der Waals surface area contributed by atoms with Crippen molar-refractivity contribution in [1.82, 2.24) is 4.90 Å². The smallest absolute Gasteiger partial charge is 0.416 e. The maximum absolute atomic E-state index is 13.9. The lowest BCUT2D eigenvalue weighted by atomic mass is 9.95. The number of ether oxygens (including phenoxy) is 2. The van der Waals surface area contributed by atoms with Crippen LogP contribution in [0.3, 0.4) is 0 Å². The highest BCUT2D eigenvalue weighted by atomic mass is 19.4. The fraction of sp³-hybridized carbons (Fsp3) is 0.333. The number of nitrogens with zero attached hydrogens (tertiary/aromatic N) is 1. The summed E-state index contributed by atoms with van der Waals surface area (Å²) in [6, 6.07) is 18.6. The first-order valence-electron chi connectivity index (χ1n) is 12.7. The van der Waals surface area contributed by atoms with Gasteiger partial charge in [-0.05, 0) is 48.2 Å². The van der Waals surface area contributed by atoms with Gasteiger partial charge in [0.1, 0.15) is 5.92 Å². The van der Waals surface area contributed by atoms with Crippen LogP contribution in [0.15, 0.2) is 72.8 Å². The van der Waals surface area contributed by atoms with E-state index in [4.69, 9.17) is 9.47 Å². The minimum Gasteiger partial charge on any atom is -0.493 e. The number of anilines is 1. The van der Waals surface area contributed by atoms with E-state index in [0.29, 0.717) is 41.3 Å². The van der Waals surface area contributed by atoms with Gasteiger partial charge >= 0.3 is 6.18 Å². The number of carbonyl (C=O) groups excluding carboxylic acids is 2. The number of rotatable bonds is 12. The molecule has 1 N–H and O–H groups in total. The Bertz CT molecular complexity index is 1230. The zero-order valence-electron chi connectivity index (χ0n) is 22.3. The Hall–Kier alpha value is -4.01. The van der Waals surface area contributed by atoms with Gasteiger partial charge in [-0.3, -0.25) is 9.59 Å². The van der Waals surface area contributed by atoms with Gasteiger partial charge in [0.2, 0.25) is 11.8 Å². The second kappa shape index (κ2) is 13.7. The Kier molecular flexibility index (Phi) is 10.4. The van der Waals surface area contributed by atoms with Gasteiger partial charge in [0.05, 0.1) is 19.8 Å². The Morgan fingerprint density at radius 3 is 2.15 bits per heavy atom. The molecule has 3 rings (SSSR count). The topological polar surface area (TPSA) is 67.9 Å². The molecule has 3 aromatic carbocycles. The average molecular weight is 543 g/mol. The van der Waals surface area contributed by atoms with Crippen LogP contribution in [-0.4, -0.2) is 44.0 Å². The van der Waals surface area contributed by atoms with Crippen LogP contribution in [0.2, 0.25) is 0 Å². The van der Waals surface area contributed by atoms with Gasteiger partial charge in [-0.2, -0.15) is 13.2 Å². The third-order valence-electron chi connectivity index (χ3n) is 6.34. The van der Waals surface area contributed by atoms with Crippen molar-refractivity contribution < 1.29 is 32.2 Å². The Morgan fingerprint density at radius 1 is 0.897 bits per heavy atom. The van der Waals surface area contributed by atoms with Crippen LogP contribution in [0, 0.1) is 0 Å². The van der Waals surface area contributed by atoms with Gasteiger partial charge in [0, 0.05) is 24.8 Å². The second-order valence-electron chi connectivity index (χ2n) is 9.03. The Balaban J connectivity index is 1.85. The van der Waals surface area contributed by atoms with E-state index in [9.17, 15) is 22.8 Å². The first-order chi connectivity index (χ1) is 18.7. The number of hydrogen-bond acceptors (Lipinski definition) is 4. The quantitative estimate of drug-likeness (QED) is 0.272. The Morgan fingerprint density at radius 2 is 1.56 bits per heavy atom. The van der Waals surface area contributed by atoms with E-state index in [1.165, 1.54) is 26.4 Å². The lowest BCUT2D eigenvalue weighted by Crippen LogP contribution is -2.41. The van der Waals surface area contributed by atoms with Crippen molar-refractivity contribution in [3.8, 4) is 11.5 Å². The van der Waals surface area contributed by atoms with Crippen LogP contribution >= 0.6 is 0 Å². The number of carbonyl (C=O) groups is 2. The first-order valence-corrected chi connectivity index (χ1v) is 12.7. The number of nitrogens with one attached hydrogen (secondary N) is 1. The number of amides is 2. The number of hydrogen-bond donors (Lipinski definition) is 1. The van der Waals surface area contributed by atoms with Gasteiger partial charge in [-0.25, -0.2) is 0 Å². The van der Waals surface area contributed by atoms with Crippen molar-refractivity contribution in [3.63, 3.8) is 0 Å². The summed E-state index contributed by atoms with van der Waals surface area (Å²) in [7, 11) is 3.00. The summed E-state index contributed by atoms with van der Waals surface area (Å²) in [5, 5.41) is 2.82.